The fourth-order valence-electron chi connectivity index (χ4n) is 4.50. The van der Waals surface area contributed by atoms with Crippen molar-refractivity contribution in [2.75, 3.05) is 10.3 Å². The Hall–Kier alpha value is -5.39. The van der Waals surface area contributed by atoms with Crippen LogP contribution < -0.4 is 15.1 Å². The van der Waals surface area contributed by atoms with Gasteiger partial charge in [-0.2, -0.15) is 18.3 Å². The summed E-state index contributed by atoms with van der Waals surface area (Å²) >= 11 is 0. The number of nitrogens with one attached hydrogen (secondary N) is 1. The summed E-state index contributed by atoms with van der Waals surface area (Å²) in [5, 5.41) is 23.9. The van der Waals surface area contributed by atoms with Gasteiger partial charge in [0.15, 0.2) is 5.71 Å². The molecule has 1 amide bonds. The lowest BCUT2D eigenvalue weighted by Crippen LogP contribution is -2.26. The van der Waals surface area contributed by atoms with Crippen molar-refractivity contribution in [3.05, 3.63) is 101 Å². The minimum absolute atomic E-state index is 0.0195. The number of amides is 1. The van der Waals surface area contributed by atoms with Gasteiger partial charge in [-0.3, -0.25) is 15.1 Å². The fraction of sp³-hybridized carbons (Fsp3) is 0.100. The van der Waals surface area contributed by atoms with Gasteiger partial charge in [0, 0.05) is 22.4 Å². The van der Waals surface area contributed by atoms with Crippen LogP contribution >= 0.6 is 0 Å². The normalized spacial score (nSPS) is 13.8. The first kappa shape index (κ1) is 28.1. The Labute approximate surface area is 236 Å². The van der Waals surface area contributed by atoms with E-state index in [4.69, 9.17) is 5.11 Å². The van der Waals surface area contributed by atoms with E-state index in [9.17, 15) is 32.3 Å². The molecule has 0 bridgehead atoms. The summed E-state index contributed by atoms with van der Waals surface area (Å²) < 4.78 is 59.9. The topological polar surface area (TPSA) is 111 Å². The number of phenols is 1. The number of carbonyl (C=O) groups is 2. The molecule has 4 aromatic rings. The molecule has 0 radical (unpaired) electrons. The maximum atomic E-state index is 14.6. The van der Waals surface area contributed by atoms with Gasteiger partial charge in [-0.15, -0.1) is 0 Å². The maximum absolute atomic E-state index is 14.6. The number of aromatic hydroxyl groups is 1. The van der Waals surface area contributed by atoms with Gasteiger partial charge < -0.3 is 14.9 Å². The number of aryl methyl sites for hydroxylation is 2. The average molecular weight is 580 g/mol. The van der Waals surface area contributed by atoms with E-state index in [0.717, 1.165) is 52.4 Å². The third-order valence-electron chi connectivity index (χ3n) is 6.73. The molecule has 12 heteroatoms. The van der Waals surface area contributed by atoms with Gasteiger partial charge in [0.1, 0.15) is 17.3 Å². The van der Waals surface area contributed by atoms with Crippen molar-refractivity contribution in [1.29, 1.82) is 0 Å². The summed E-state index contributed by atoms with van der Waals surface area (Å²) in [6.45, 7) is 3.67. The molecule has 8 nitrogen and oxygen atoms in total. The number of nitrogens with zero attached hydrogens (tertiary/aromatic N) is 2. The van der Waals surface area contributed by atoms with E-state index in [2.05, 4.69) is 15.3 Å². The molecular weight excluding hydrogens is 558 g/mol. The molecule has 0 spiro atoms. The second kappa shape index (κ2) is 10.5. The number of carboxylic acid groups (broad SMARTS) is 1. The van der Waals surface area contributed by atoms with E-state index in [1.54, 1.807) is 18.2 Å². The number of alkyl halides is 3. The third kappa shape index (κ3) is 5.21. The van der Waals surface area contributed by atoms with Crippen LogP contribution in [-0.2, 0) is 11.0 Å². The van der Waals surface area contributed by atoms with Crippen molar-refractivity contribution < 1.29 is 42.1 Å². The smallest absolute Gasteiger partial charge is 0.505 e. The van der Waals surface area contributed by atoms with Crippen LogP contribution in [0.5, 0.6) is 11.5 Å². The summed E-state index contributed by atoms with van der Waals surface area (Å²) in [5.74, 6) is -2.16. The molecule has 214 valence electrons. The molecule has 42 heavy (non-hydrogen) atoms. The molecule has 3 N–H and O–H groups in total. The van der Waals surface area contributed by atoms with E-state index in [1.807, 2.05) is 13.8 Å². The van der Waals surface area contributed by atoms with Crippen LogP contribution in [0.1, 0.15) is 22.3 Å². The SMILES string of the molecule is Cc1ccc(N2C(=O)C(=NNc3cccc(-c4cc(OC(=O)O)ccc4F)c3O)c3ccc(C(F)(F)F)cc32)cc1C. The Bertz CT molecular complexity index is 1790. The standard InChI is InChI=1S/C30H21F4N3O5/c1-15-6-8-18(12-16(15)2)37-25-13-17(30(32,33)34)7-10-21(25)26(28(37)39)36-35-24-5-3-4-20(27(24)38)22-14-19(42-29(40)41)9-11-23(22)31/h3-14,35,38H,1-2H3,(H,40,41). The Morgan fingerprint density at radius 2 is 1.69 bits per heavy atom. The summed E-state index contributed by atoms with van der Waals surface area (Å²) in [4.78, 5) is 25.6. The number of hydrogen-bond donors (Lipinski definition) is 3. The van der Waals surface area contributed by atoms with Crippen molar-refractivity contribution in [2.24, 2.45) is 5.10 Å². The first-order valence-corrected chi connectivity index (χ1v) is 12.3. The zero-order valence-electron chi connectivity index (χ0n) is 22.0. The van der Waals surface area contributed by atoms with Crippen LogP contribution in [0.2, 0.25) is 0 Å². The van der Waals surface area contributed by atoms with Crippen LogP contribution in [-0.4, -0.2) is 28.0 Å². The van der Waals surface area contributed by atoms with Crippen molar-refractivity contribution in [2.45, 2.75) is 20.0 Å². The predicted molar refractivity (Wildman–Crippen MR) is 147 cm³/mol. The summed E-state index contributed by atoms with van der Waals surface area (Å²) in [5.41, 5.74) is 3.32. The number of ether oxygens (including phenoxy) is 1. The monoisotopic (exact) mass is 579 g/mol. The molecular formula is C30H21F4N3O5. The van der Waals surface area contributed by atoms with Gasteiger partial charge in [0.25, 0.3) is 5.91 Å². The Balaban J connectivity index is 1.56. The van der Waals surface area contributed by atoms with Crippen LogP contribution in [0.4, 0.5) is 39.4 Å². The highest BCUT2D eigenvalue weighted by Gasteiger charge is 2.39. The molecule has 1 aliphatic heterocycles. The van der Waals surface area contributed by atoms with Gasteiger partial charge >= 0.3 is 12.3 Å². The van der Waals surface area contributed by atoms with Gasteiger partial charge in [-0.1, -0.05) is 18.2 Å². The van der Waals surface area contributed by atoms with Crippen LogP contribution in [0.3, 0.4) is 0 Å². The molecule has 1 aliphatic rings. The Kier molecular flexibility index (Phi) is 7.07. The first-order valence-electron chi connectivity index (χ1n) is 12.3. The van der Waals surface area contributed by atoms with Gasteiger partial charge in [0.2, 0.25) is 0 Å². The molecule has 4 aromatic carbocycles. The van der Waals surface area contributed by atoms with E-state index < -0.39 is 35.4 Å². The molecule has 0 fully saturated rings. The van der Waals surface area contributed by atoms with E-state index in [0.29, 0.717) is 5.69 Å². The van der Waals surface area contributed by atoms with Gasteiger partial charge in [-0.05, 0) is 79.6 Å². The molecule has 0 atom stereocenters. The van der Waals surface area contributed by atoms with E-state index in [-0.39, 0.29) is 39.5 Å². The van der Waals surface area contributed by atoms with Gasteiger partial charge in [0.05, 0.1) is 16.9 Å². The number of carbonyl (C=O) groups excluding carboxylic acids is 1. The molecule has 0 saturated carbocycles. The molecule has 0 aromatic heterocycles. The number of hydrogen-bond acceptors (Lipinski definition) is 6. The lowest BCUT2D eigenvalue weighted by molar-refractivity contribution is -0.137. The third-order valence-corrected chi connectivity index (χ3v) is 6.73. The lowest BCUT2D eigenvalue weighted by atomic mass is 10.0. The van der Waals surface area contributed by atoms with E-state index in [1.165, 1.54) is 18.2 Å². The minimum atomic E-state index is -4.65. The number of para-hydroxylation sites is 1. The highest BCUT2D eigenvalue weighted by Crippen LogP contribution is 2.42. The average Bonchev–Trinajstić information content (AvgIpc) is 3.20. The summed E-state index contributed by atoms with van der Waals surface area (Å²) in [6.07, 6.45) is -6.26. The number of benzene rings is 4. The van der Waals surface area contributed by atoms with E-state index >= 15 is 0 Å². The largest absolute Gasteiger partial charge is 0.511 e. The lowest BCUT2D eigenvalue weighted by Gasteiger charge is -2.19. The number of halogens is 4. The number of hydrazone groups is 1. The Morgan fingerprint density at radius 3 is 2.38 bits per heavy atom. The number of anilines is 3. The fourth-order valence-corrected chi connectivity index (χ4v) is 4.50. The number of rotatable bonds is 5. The minimum Gasteiger partial charge on any atom is -0.505 e. The van der Waals surface area contributed by atoms with Crippen molar-refractivity contribution in [1.82, 2.24) is 0 Å². The van der Waals surface area contributed by atoms with Crippen molar-refractivity contribution >= 4 is 34.8 Å². The predicted octanol–water partition coefficient (Wildman–Crippen LogP) is 7.39. The first-order chi connectivity index (χ1) is 19.8. The quantitative estimate of drug-likeness (QED) is 0.0748. The molecule has 1 heterocycles. The van der Waals surface area contributed by atoms with Crippen molar-refractivity contribution in [3.63, 3.8) is 0 Å². The highest BCUT2D eigenvalue weighted by atomic mass is 19.4. The van der Waals surface area contributed by atoms with Crippen molar-refractivity contribution in [3.8, 4) is 22.6 Å². The second-order valence-electron chi connectivity index (χ2n) is 9.42. The molecule has 0 unspecified atom stereocenters. The number of phenolic OH excluding ortho intramolecular Hbond substituents is 1. The summed E-state index contributed by atoms with van der Waals surface area (Å²) in [7, 11) is 0. The molecule has 0 aliphatic carbocycles. The maximum Gasteiger partial charge on any atom is 0.511 e. The van der Waals surface area contributed by atoms with Crippen LogP contribution in [0, 0.1) is 19.7 Å². The highest BCUT2D eigenvalue weighted by molar-refractivity contribution is 6.55. The van der Waals surface area contributed by atoms with Gasteiger partial charge in [-0.25, -0.2) is 9.18 Å². The molecule has 5 rings (SSSR count). The summed E-state index contributed by atoms with van der Waals surface area (Å²) in [6, 6.07) is 15.3. The van der Waals surface area contributed by atoms with Crippen LogP contribution in [0.15, 0.2) is 77.9 Å². The second-order valence-corrected chi connectivity index (χ2v) is 9.42. The zero-order valence-corrected chi connectivity index (χ0v) is 22.0. The van der Waals surface area contributed by atoms with Crippen LogP contribution in [0.25, 0.3) is 11.1 Å². The molecule has 0 saturated heterocycles. The Morgan fingerprint density at radius 1 is 0.929 bits per heavy atom. The zero-order chi connectivity index (χ0) is 30.3. The number of fused-ring (bicyclic) bond motifs is 1.